The first-order valence-electron chi connectivity index (χ1n) is 8.40. The quantitative estimate of drug-likeness (QED) is 0.539. The number of carboxylic acid groups (broad SMARTS) is 1. The van der Waals surface area contributed by atoms with Gasteiger partial charge in [0, 0.05) is 5.75 Å². The molecule has 0 saturated carbocycles. The summed E-state index contributed by atoms with van der Waals surface area (Å²) in [7, 11) is -2.85. The molecule has 9 heteroatoms. The number of carbonyl (C=O) groups excluding carboxylic acids is 1. The fraction of sp³-hybridized carbons (Fsp3) is 0.750. The maximum atomic E-state index is 12.9. The fourth-order valence-corrected chi connectivity index (χ4v) is 7.85. The van der Waals surface area contributed by atoms with Crippen LogP contribution >= 0.6 is 11.8 Å². The number of aliphatic carboxylic acids is 1. The molecule has 4 atom stereocenters. The number of nitrogens with zero attached hydrogens (tertiary/aromatic N) is 1. The van der Waals surface area contributed by atoms with Crippen molar-refractivity contribution in [2.75, 3.05) is 5.75 Å². The van der Waals surface area contributed by atoms with Crippen LogP contribution < -0.4 is 0 Å². The third-order valence-electron chi connectivity index (χ3n) is 4.94. The number of amides is 1. The van der Waals surface area contributed by atoms with Gasteiger partial charge in [0.1, 0.15) is 9.61 Å². The van der Waals surface area contributed by atoms with Gasteiger partial charge in [-0.05, 0) is 25.4 Å². The number of hydrogen-bond donors (Lipinski definition) is 1. The normalized spacial score (nSPS) is 27.2. The van der Waals surface area contributed by atoms with Crippen molar-refractivity contribution in [3.8, 4) is 0 Å². The first-order valence-corrected chi connectivity index (χ1v) is 13.4. The van der Waals surface area contributed by atoms with Crippen LogP contribution in [0, 0.1) is 11.3 Å². The Hall–Kier alpha value is -0.643. The van der Waals surface area contributed by atoms with E-state index < -0.39 is 37.3 Å². The predicted molar refractivity (Wildman–Crippen MR) is 103 cm³/mol. The summed E-state index contributed by atoms with van der Waals surface area (Å²) >= 11 is 1.25. The Morgan fingerprint density at radius 3 is 2.32 bits per heavy atom. The topological polar surface area (TPSA) is 83.9 Å². The van der Waals surface area contributed by atoms with Crippen molar-refractivity contribution < 1.29 is 23.3 Å². The zero-order chi connectivity index (χ0) is 19.3. The van der Waals surface area contributed by atoms with Gasteiger partial charge in [-0.1, -0.05) is 39.5 Å². The standard InChI is InChI=1S/C16H27NO5S2Si/c1-8-24(21)14-10(13(19)20)17-11(18)9(12(17)23-14)16(5,15(2,3)4)22-25(6)7/h9,12,25H,8H2,1-7H3,(H,19,20)/t9-,12+,16?,24?/m0/s1. The van der Waals surface area contributed by atoms with Crippen molar-refractivity contribution >= 4 is 43.5 Å². The van der Waals surface area contributed by atoms with Gasteiger partial charge in [-0.3, -0.25) is 13.9 Å². The molecule has 0 aromatic rings. The molecule has 0 aliphatic carbocycles. The Labute approximate surface area is 157 Å². The molecular weight excluding hydrogens is 378 g/mol. The summed E-state index contributed by atoms with van der Waals surface area (Å²) in [5.41, 5.74) is -1.12. The van der Waals surface area contributed by atoms with Crippen LogP contribution in [0.15, 0.2) is 9.93 Å². The molecule has 1 amide bonds. The highest BCUT2D eigenvalue weighted by molar-refractivity contribution is 8.17. The smallest absolute Gasteiger partial charge is 0.354 e. The second kappa shape index (κ2) is 6.83. The highest BCUT2D eigenvalue weighted by atomic mass is 32.2. The van der Waals surface area contributed by atoms with Crippen molar-refractivity contribution in [2.24, 2.45) is 11.3 Å². The molecule has 0 aromatic heterocycles. The summed E-state index contributed by atoms with van der Waals surface area (Å²) in [5, 5.41) is 9.18. The second-order valence-corrected chi connectivity index (χ2v) is 13.2. The van der Waals surface area contributed by atoms with Crippen molar-refractivity contribution in [2.45, 2.75) is 58.7 Å². The molecular formula is C16H27NO5S2Si. The largest absolute Gasteiger partial charge is 0.477 e. The maximum absolute atomic E-state index is 12.9. The van der Waals surface area contributed by atoms with Crippen LogP contribution in [0.3, 0.4) is 0 Å². The van der Waals surface area contributed by atoms with E-state index in [1.807, 2.05) is 27.7 Å². The molecule has 0 aromatic carbocycles. The number of carbonyl (C=O) groups is 2. The van der Waals surface area contributed by atoms with Gasteiger partial charge in [-0.2, -0.15) is 0 Å². The second-order valence-electron chi connectivity index (χ2n) is 7.79. The van der Waals surface area contributed by atoms with Crippen molar-refractivity contribution in [1.29, 1.82) is 0 Å². The zero-order valence-corrected chi connectivity index (χ0v) is 18.6. The highest BCUT2D eigenvalue weighted by Gasteiger charge is 2.65. The van der Waals surface area contributed by atoms with Crippen LogP contribution in [-0.2, 0) is 24.8 Å². The SMILES string of the molecule is CCS(=O)C1=C(C(=O)O)N2C(=O)[C@H](C(C)(O[SiH](C)C)C(C)(C)C)[C@H]2S1. The molecule has 2 rings (SSSR count). The summed E-state index contributed by atoms with van der Waals surface area (Å²) in [4.78, 5) is 25.9. The minimum Gasteiger partial charge on any atom is -0.477 e. The number of β-lactam (4-membered cyclic amide) rings is 1. The van der Waals surface area contributed by atoms with Gasteiger partial charge in [0.2, 0.25) is 5.91 Å². The van der Waals surface area contributed by atoms with Crippen LogP contribution in [0.5, 0.6) is 0 Å². The maximum Gasteiger partial charge on any atom is 0.354 e. The van der Waals surface area contributed by atoms with Crippen LogP contribution in [0.1, 0.15) is 34.6 Å². The Bertz CT molecular complexity index is 657. The van der Waals surface area contributed by atoms with E-state index in [0.717, 1.165) is 0 Å². The molecule has 6 nitrogen and oxygen atoms in total. The molecule has 1 fully saturated rings. The van der Waals surface area contributed by atoms with Crippen molar-refractivity contribution in [3.05, 3.63) is 9.93 Å². The van der Waals surface area contributed by atoms with Gasteiger partial charge >= 0.3 is 5.97 Å². The number of fused-ring (bicyclic) bond motifs is 1. The molecule has 142 valence electrons. The number of carboxylic acids is 1. The average molecular weight is 406 g/mol. The van der Waals surface area contributed by atoms with Crippen LogP contribution in [0.2, 0.25) is 13.1 Å². The van der Waals surface area contributed by atoms with E-state index in [2.05, 4.69) is 13.1 Å². The lowest BCUT2D eigenvalue weighted by Gasteiger charge is -2.56. The zero-order valence-electron chi connectivity index (χ0n) is 15.8. The predicted octanol–water partition coefficient (Wildman–Crippen LogP) is 2.34. The first kappa shape index (κ1) is 20.7. The van der Waals surface area contributed by atoms with E-state index in [1.165, 1.54) is 16.7 Å². The van der Waals surface area contributed by atoms with E-state index in [9.17, 15) is 18.9 Å². The molecule has 0 bridgehead atoms. The van der Waals surface area contributed by atoms with E-state index in [-0.39, 0.29) is 22.4 Å². The Morgan fingerprint density at radius 1 is 1.36 bits per heavy atom. The minimum atomic E-state index is -1.44. The lowest BCUT2D eigenvalue weighted by atomic mass is 9.66. The van der Waals surface area contributed by atoms with E-state index in [0.29, 0.717) is 9.99 Å². The Kier molecular flexibility index (Phi) is 5.64. The number of thioether (sulfide) groups is 1. The van der Waals surface area contributed by atoms with Gasteiger partial charge in [-0.25, -0.2) is 4.79 Å². The molecule has 2 aliphatic heterocycles. The number of rotatable bonds is 6. The van der Waals surface area contributed by atoms with Gasteiger partial charge in [0.05, 0.1) is 22.3 Å². The molecule has 2 aliphatic rings. The Balaban J connectivity index is 2.44. The van der Waals surface area contributed by atoms with Crippen LogP contribution in [0.25, 0.3) is 0 Å². The first-order chi connectivity index (χ1) is 11.4. The molecule has 0 spiro atoms. The van der Waals surface area contributed by atoms with Gasteiger partial charge in [-0.15, -0.1) is 0 Å². The van der Waals surface area contributed by atoms with E-state index in [1.54, 1.807) is 6.92 Å². The third kappa shape index (κ3) is 3.24. The summed E-state index contributed by atoms with van der Waals surface area (Å²) in [6, 6.07) is 0. The summed E-state index contributed by atoms with van der Waals surface area (Å²) in [6.07, 6.45) is 0. The van der Waals surface area contributed by atoms with Crippen LogP contribution in [-0.4, -0.2) is 51.9 Å². The summed E-state index contributed by atoms with van der Waals surface area (Å²) in [6.45, 7) is 13.9. The van der Waals surface area contributed by atoms with Gasteiger partial charge < -0.3 is 9.53 Å². The number of hydrogen-bond acceptors (Lipinski definition) is 5. The van der Waals surface area contributed by atoms with Gasteiger partial charge in [0.15, 0.2) is 14.7 Å². The molecule has 1 saturated heterocycles. The summed E-state index contributed by atoms with van der Waals surface area (Å²) < 4.78 is 18.9. The minimum absolute atomic E-state index is 0.116. The molecule has 25 heavy (non-hydrogen) atoms. The Morgan fingerprint density at radius 2 is 1.92 bits per heavy atom. The lowest BCUT2D eigenvalue weighted by Crippen LogP contribution is -2.69. The lowest BCUT2D eigenvalue weighted by molar-refractivity contribution is -0.173. The van der Waals surface area contributed by atoms with Gasteiger partial charge in [0.25, 0.3) is 0 Å². The molecule has 0 radical (unpaired) electrons. The fourth-order valence-electron chi connectivity index (χ4n) is 3.28. The molecule has 2 heterocycles. The molecule has 1 N–H and O–H groups in total. The average Bonchev–Trinajstić information content (AvgIpc) is 2.79. The van der Waals surface area contributed by atoms with E-state index >= 15 is 0 Å². The molecule has 2 unspecified atom stereocenters. The highest BCUT2D eigenvalue weighted by Crippen LogP contribution is 2.57. The van der Waals surface area contributed by atoms with Crippen molar-refractivity contribution in [1.82, 2.24) is 4.90 Å². The monoisotopic (exact) mass is 405 g/mol. The van der Waals surface area contributed by atoms with Crippen LogP contribution in [0.4, 0.5) is 0 Å². The van der Waals surface area contributed by atoms with E-state index in [4.69, 9.17) is 4.43 Å². The summed E-state index contributed by atoms with van der Waals surface area (Å²) in [5.74, 6) is -1.57. The van der Waals surface area contributed by atoms with Crippen molar-refractivity contribution in [3.63, 3.8) is 0 Å². The third-order valence-corrected chi connectivity index (χ3v) is 9.01.